The Labute approximate surface area is 188 Å². The zero-order valence-corrected chi connectivity index (χ0v) is 19.2. The standard InChI is InChI=1S/C24H23N3O2S2/c1-13-19(22(29)27-23-26-15-6-4-5-7-18(15)31-23)20(14-8-9-30-12-14)21-16(25-13)10-24(2,3)11-17(21)28/h4-9,12,20,25H,10-11H2,1-3H3,(H,26,27,29). The number of dihydropyridines is 1. The summed E-state index contributed by atoms with van der Waals surface area (Å²) in [5.41, 5.74) is 4.82. The summed E-state index contributed by atoms with van der Waals surface area (Å²) in [4.78, 5) is 31.3. The highest BCUT2D eigenvalue weighted by atomic mass is 32.1. The number of aromatic nitrogens is 1. The summed E-state index contributed by atoms with van der Waals surface area (Å²) in [5, 5.41) is 11.0. The molecule has 3 aromatic rings. The number of ketones is 1. The van der Waals surface area contributed by atoms with E-state index in [4.69, 9.17) is 0 Å². The molecule has 0 spiro atoms. The van der Waals surface area contributed by atoms with Gasteiger partial charge in [0.15, 0.2) is 10.9 Å². The molecule has 1 aliphatic carbocycles. The minimum atomic E-state index is -0.361. The van der Waals surface area contributed by atoms with Gasteiger partial charge in [0, 0.05) is 34.9 Å². The van der Waals surface area contributed by atoms with Crippen molar-refractivity contribution in [2.75, 3.05) is 5.32 Å². The lowest BCUT2D eigenvalue weighted by Gasteiger charge is -2.39. The Balaban J connectivity index is 1.55. The summed E-state index contributed by atoms with van der Waals surface area (Å²) in [6, 6.07) is 9.82. The van der Waals surface area contributed by atoms with Gasteiger partial charge < -0.3 is 5.32 Å². The number of carbonyl (C=O) groups is 2. The number of nitrogens with zero attached hydrogens (tertiary/aromatic N) is 1. The van der Waals surface area contributed by atoms with Gasteiger partial charge in [0.2, 0.25) is 0 Å². The normalized spacial score (nSPS) is 20.6. The van der Waals surface area contributed by atoms with Gasteiger partial charge >= 0.3 is 0 Å². The second kappa shape index (κ2) is 7.43. The van der Waals surface area contributed by atoms with Gasteiger partial charge in [-0.1, -0.05) is 37.3 Å². The molecule has 0 radical (unpaired) electrons. The number of allylic oxidation sites excluding steroid dienone is 3. The van der Waals surface area contributed by atoms with Crippen molar-refractivity contribution >= 4 is 49.7 Å². The van der Waals surface area contributed by atoms with Crippen LogP contribution in [0.25, 0.3) is 10.2 Å². The van der Waals surface area contributed by atoms with Crippen LogP contribution in [-0.2, 0) is 9.59 Å². The number of thiophene rings is 1. The third-order valence-electron chi connectivity index (χ3n) is 5.88. The van der Waals surface area contributed by atoms with Crippen LogP contribution in [0.3, 0.4) is 0 Å². The molecule has 31 heavy (non-hydrogen) atoms. The van der Waals surface area contributed by atoms with Gasteiger partial charge in [-0.05, 0) is 53.3 Å². The second-order valence-corrected chi connectivity index (χ2v) is 10.7. The van der Waals surface area contributed by atoms with Gasteiger partial charge in [0.05, 0.1) is 10.2 Å². The molecule has 0 bridgehead atoms. The minimum absolute atomic E-state index is 0.0941. The van der Waals surface area contributed by atoms with Crippen molar-refractivity contribution in [3.8, 4) is 0 Å². The Morgan fingerprint density at radius 3 is 2.77 bits per heavy atom. The highest BCUT2D eigenvalue weighted by molar-refractivity contribution is 7.22. The number of Topliss-reactive ketones (excluding diaryl/α,β-unsaturated/α-hetero) is 1. The van der Waals surface area contributed by atoms with Crippen molar-refractivity contribution < 1.29 is 9.59 Å². The summed E-state index contributed by atoms with van der Waals surface area (Å²) >= 11 is 3.03. The second-order valence-electron chi connectivity index (χ2n) is 8.93. The Kier molecular flexibility index (Phi) is 4.83. The van der Waals surface area contributed by atoms with E-state index in [0.717, 1.165) is 39.2 Å². The highest BCUT2D eigenvalue weighted by Gasteiger charge is 2.42. The van der Waals surface area contributed by atoms with Crippen LogP contribution in [0.1, 0.15) is 45.1 Å². The van der Waals surface area contributed by atoms with Crippen molar-refractivity contribution in [2.45, 2.75) is 39.5 Å². The maximum absolute atomic E-state index is 13.5. The molecule has 1 unspecified atom stereocenters. The molecule has 2 aliphatic rings. The zero-order valence-electron chi connectivity index (χ0n) is 17.6. The number of hydrogen-bond acceptors (Lipinski definition) is 6. The molecule has 0 saturated heterocycles. The van der Waals surface area contributed by atoms with E-state index < -0.39 is 0 Å². The van der Waals surface area contributed by atoms with E-state index in [2.05, 4.69) is 29.5 Å². The number of nitrogens with one attached hydrogen (secondary N) is 2. The van der Waals surface area contributed by atoms with Crippen molar-refractivity contribution in [3.05, 3.63) is 69.2 Å². The van der Waals surface area contributed by atoms with Gasteiger partial charge in [0.1, 0.15) is 0 Å². The molecule has 0 fully saturated rings. The van der Waals surface area contributed by atoms with E-state index in [-0.39, 0.29) is 23.0 Å². The van der Waals surface area contributed by atoms with E-state index in [1.165, 1.54) is 11.3 Å². The van der Waals surface area contributed by atoms with Gasteiger partial charge in [-0.2, -0.15) is 11.3 Å². The van der Waals surface area contributed by atoms with Gasteiger partial charge in [-0.25, -0.2) is 4.98 Å². The van der Waals surface area contributed by atoms with E-state index in [1.54, 1.807) is 11.3 Å². The molecule has 1 atom stereocenters. The fraction of sp³-hybridized carbons (Fsp3) is 0.292. The van der Waals surface area contributed by atoms with Crippen LogP contribution in [0.2, 0.25) is 0 Å². The van der Waals surface area contributed by atoms with Gasteiger partial charge in [-0.15, -0.1) is 0 Å². The number of thiazole rings is 1. The van der Waals surface area contributed by atoms with E-state index in [0.29, 0.717) is 17.1 Å². The average molecular weight is 450 g/mol. The Bertz CT molecular complexity index is 1230. The number of fused-ring (bicyclic) bond motifs is 1. The monoisotopic (exact) mass is 449 g/mol. The number of amides is 1. The molecule has 0 saturated carbocycles. The van der Waals surface area contributed by atoms with Gasteiger partial charge in [-0.3, -0.25) is 14.9 Å². The molecular formula is C24H23N3O2S2. The molecule has 158 valence electrons. The Morgan fingerprint density at radius 2 is 2.03 bits per heavy atom. The molecule has 5 nitrogen and oxygen atoms in total. The quantitative estimate of drug-likeness (QED) is 0.546. The fourth-order valence-electron chi connectivity index (χ4n) is 4.60. The van der Waals surface area contributed by atoms with Crippen molar-refractivity contribution in [3.63, 3.8) is 0 Å². The third-order valence-corrected chi connectivity index (χ3v) is 7.53. The fourth-order valence-corrected chi connectivity index (χ4v) is 6.15. The molecular weight excluding hydrogens is 426 g/mol. The number of hydrogen-bond donors (Lipinski definition) is 2. The molecule has 1 aliphatic heterocycles. The van der Waals surface area contributed by atoms with Crippen LogP contribution in [0.4, 0.5) is 5.13 Å². The number of benzene rings is 1. The third kappa shape index (κ3) is 3.62. The first-order valence-electron chi connectivity index (χ1n) is 10.3. The maximum atomic E-state index is 13.5. The van der Waals surface area contributed by atoms with Gasteiger partial charge in [0.25, 0.3) is 5.91 Å². The molecule has 2 aromatic heterocycles. The van der Waals surface area contributed by atoms with Crippen molar-refractivity contribution in [1.82, 2.24) is 10.3 Å². The summed E-state index contributed by atoms with van der Waals surface area (Å²) < 4.78 is 1.02. The van der Waals surface area contributed by atoms with Crippen molar-refractivity contribution in [1.29, 1.82) is 0 Å². The molecule has 7 heteroatoms. The zero-order chi connectivity index (χ0) is 21.8. The van der Waals surface area contributed by atoms with Crippen LogP contribution in [-0.4, -0.2) is 16.7 Å². The summed E-state index contributed by atoms with van der Waals surface area (Å²) in [5.74, 6) is -0.461. The predicted octanol–water partition coefficient (Wildman–Crippen LogP) is 5.60. The predicted molar refractivity (Wildman–Crippen MR) is 126 cm³/mol. The van der Waals surface area contributed by atoms with Crippen LogP contribution < -0.4 is 10.6 Å². The summed E-state index contributed by atoms with van der Waals surface area (Å²) in [6.45, 7) is 6.15. The number of para-hydroxylation sites is 1. The van der Waals surface area contributed by atoms with Crippen LogP contribution in [0.15, 0.2) is 63.6 Å². The number of carbonyl (C=O) groups excluding carboxylic acids is 2. The van der Waals surface area contributed by atoms with Crippen LogP contribution in [0.5, 0.6) is 0 Å². The summed E-state index contributed by atoms with van der Waals surface area (Å²) in [7, 11) is 0. The van der Waals surface area contributed by atoms with E-state index >= 15 is 0 Å². The van der Waals surface area contributed by atoms with E-state index in [9.17, 15) is 9.59 Å². The lowest BCUT2D eigenvalue weighted by Crippen LogP contribution is -2.39. The first-order valence-corrected chi connectivity index (χ1v) is 12.0. The molecule has 5 rings (SSSR count). The Hall–Kier alpha value is -2.77. The largest absolute Gasteiger partial charge is 0.362 e. The lowest BCUT2D eigenvalue weighted by atomic mass is 9.69. The number of rotatable bonds is 3. The smallest absolute Gasteiger partial charge is 0.256 e. The number of anilines is 1. The first-order chi connectivity index (χ1) is 14.8. The maximum Gasteiger partial charge on any atom is 0.256 e. The van der Waals surface area contributed by atoms with Crippen LogP contribution >= 0.6 is 22.7 Å². The minimum Gasteiger partial charge on any atom is -0.362 e. The molecule has 1 amide bonds. The molecule has 1 aromatic carbocycles. The Morgan fingerprint density at radius 1 is 1.23 bits per heavy atom. The first kappa shape index (κ1) is 20.2. The molecule has 3 heterocycles. The highest BCUT2D eigenvalue weighted by Crippen LogP contribution is 2.47. The lowest BCUT2D eigenvalue weighted by molar-refractivity contribution is -0.118. The van der Waals surface area contributed by atoms with E-state index in [1.807, 2.05) is 48.0 Å². The van der Waals surface area contributed by atoms with Crippen molar-refractivity contribution in [2.24, 2.45) is 5.41 Å². The molecule has 2 N–H and O–H groups in total. The summed E-state index contributed by atoms with van der Waals surface area (Å²) in [6.07, 6.45) is 1.28. The topological polar surface area (TPSA) is 71.1 Å². The van der Waals surface area contributed by atoms with Crippen LogP contribution in [0, 0.1) is 5.41 Å². The average Bonchev–Trinajstić information content (AvgIpc) is 3.35. The SMILES string of the molecule is CC1=C(C(=O)Nc2nc3ccccc3s2)C(c2ccsc2)C2=C(CC(C)(C)CC2=O)N1.